The fourth-order valence-corrected chi connectivity index (χ4v) is 2.28. The van der Waals surface area contributed by atoms with Crippen LogP contribution >= 0.6 is 23.2 Å². The minimum Gasteiger partial charge on any atom is -0.396 e. The monoisotopic (exact) mass is 303 g/mol. The van der Waals surface area contributed by atoms with E-state index in [1.54, 1.807) is 18.2 Å². The number of aliphatic hydroxyl groups excluding tert-OH is 1. The molecule has 1 aromatic carbocycles. The summed E-state index contributed by atoms with van der Waals surface area (Å²) in [5.41, 5.74) is 0.745. The summed E-state index contributed by atoms with van der Waals surface area (Å²) >= 11 is 11.8. The summed E-state index contributed by atoms with van der Waals surface area (Å²) < 4.78 is 0. The van der Waals surface area contributed by atoms with Crippen molar-refractivity contribution in [1.29, 1.82) is 0 Å². The Morgan fingerprint density at radius 1 is 1.37 bits per heavy atom. The molecule has 2 N–H and O–H groups in total. The molecule has 0 saturated carbocycles. The van der Waals surface area contributed by atoms with Crippen LogP contribution in [0.3, 0.4) is 0 Å². The van der Waals surface area contributed by atoms with E-state index in [2.05, 4.69) is 5.32 Å². The van der Waals surface area contributed by atoms with Crippen LogP contribution in [0.4, 0.5) is 0 Å². The number of halogens is 2. The summed E-state index contributed by atoms with van der Waals surface area (Å²) in [6.07, 6.45) is 0.766. The van der Waals surface area contributed by atoms with Gasteiger partial charge in [-0.1, -0.05) is 43.1 Å². The third-order valence-corrected chi connectivity index (χ3v) is 3.54. The summed E-state index contributed by atoms with van der Waals surface area (Å²) in [5, 5.41) is 12.9. The van der Waals surface area contributed by atoms with Crippen LogP contribution < -0.4 is 5.32 Å². The van der Waals surface area contributed by atoms with Gasteiger partial charge in [0.05, 0.1) is 6.42 Å². The zero-order valence-electron chi connectivity index (χ0n) is 11.1. The second kappa shape index (κ2) is 7.73. The topological polar surface area (TPSA) is 49.3 Å². The molecule has 0 aromatic heterocycles. The first-order valence-electron chi connectivity index (χ1n) is 6.28. The molecular formula is C14H19Cl2NO2. The van der Waals surface area contributed by atoms with E-state index >= 15 is 0 Å². The summed E-state index contributed by atoms with van der Waals surface area (Å²) in [6.45, 7) is 4.08. The molecule has 0 aliphatic heterocycles. The quantitative estimate of drug-likeness (QED) is 0.848. The molecule has 1 atom stereocenters. The number of hydrogen-bond acceptors (Lipinski definition) is 2. The molecule has 5 heteroatoms. The smallest absolute Gasteiger partial charge is 0.224 e. The number of carbonyl (C=O) groups is 1. The fraction of sp³-hybridized carbons (Fsp3) is 0.500. The summed E-state index contributed by atoms with van der Waals surface area (Å²) in [4.78, 5) is 12.0. The van der Waals surface area contributed by atoms with Crippen molar-refractivity contribution in [3.05, 3.63) is 33.8 Å². The van der Waals surface area contributed by atoms with Crippen molar-refractivity contribution in [2.75, 3.05) is 6.61 Å². The van der Waals surface area contributed by atoms with E-state index in [4.69, 9.17) is 28.3 Å². The average molecular weight is 304 g/mol. The second-order valence-corrected chi connectivity index (χ2v) is 5.69. The maximum atomic E-state index is 12.0. The highest BCUT2D eigenvalue weighted by atomic mass is 35.5. The van der Waals surface area contributed by atoms with Crippen molar-refractivity contribution < 1.29 is 9.90 Å². The summed E-state index contributed by atoms with van der Waals surface area (Å²) in [6, 6.07) is 5.06. The number of nitrogens with one attached hydrogen (secondary N) is 1. The van der Waals surface area contributed by atoms with Crippen LogP contribution in [0.15, 0.2) is 18.2 Å². The Hall–Kier alpha value is -0.770. The predicted octanol–water partition coefficient (Wildman–Crippen LogP) is 3.06. The third-order valence-electron chi connectivity index (χ3n) is 2.96. The Kier molecular flexibility index (Phi) is 6.63. The molecule has 1 aromatic rings. The van der Waals surface area contributed by atoms with Gasteiger partial charge in [-0.15, -0.1) is 0 Å². The largest absolute Gasteiger partial charge is 0.396 e. The Labute approximate surface area is 123 Å². The van der Waals surface area contributed by atoms with Gasteiger partial charge in [0.25, 0.3) is 0 Å². The van der Waals surface area contributed by atoms with Crippen molar-refractivity contribution in [2.24, 2.45) is 5.92 Å². The predicted molar refractivity (Wildman–Crippen MR) is 78.6 cm³/mol. The molecule has 1 unspecified atom stereocenters. The lowest BCUT2D eigenvalue weighted by Gasteiger charge is -2.21. The zero-order chi connectivity index (χ0) is 14.4. The van der Waals surface area contributed by atoms with Crippen LogP contribution in [-0.2, 0) is 11.2 Å². The molecular weight excluding hydrogens is 285 g/mol. The average Bonchev–Trinajstić information content (AvgIpc) is 2.32. The first-order chi connectivity index (χ1) is 8.93. The van der Waals surface area contributed by atoms with Gasteiger partial charge in [-0.2, -0.15) is 0 Å². The van der Waals surface area contributed by atoms with Gasteiger partial charge in [-0.25, -0.2) is 0 Å². The number of amides is 1. The van der Waals surface area contributed by atoms with Gasteiger partial charge in [0.15, 0.2) is 0 Å². The van der Waals surface area contributed by atoms with Gasteiger partial charge in [0.1, 0.15) is 0 Å². The van der Waals surface area contributed by atoms with Crippen LogP contribution in [0.2, 0.25) is 10.0 Å². The summed E-state index contributed by atoms with van der Waals surface area (Å²) in [5.74, 6) is 0.174. The van der Waals surface area contributed by atoms with E-state index in [0.29, 0.717) is 16.5 Å². The van der Waals surface area contributed by atoms with E-state index in [1.807, 2.05) is 13.8 Å². The maximum absolute atomic E-state index is 12.0. The van der Waals surface area contributed by atoms with E-state index < -0.39 is 0 Å². The Bertz CT molecular complexity index is 435. The Morgan fingerprint density at radius 3 is 2.58 bits per heavy atom. The molecule has 0 radical (unpaired) electrons. The zero-order valence-corrected chi connectivity index (χ0v) is 12.6. The molecule has 0 spiro atoms. The summed E-state index contributed by atoms with van der Waals surface area (Å²) in [7, 11) is 0. The van der Waals surface area contributed by atoms with Crippen molar-refractivity contribution in [3.8, 4) is 0 Å². The van der Waals surface area contributed by atoms with Crippen LogP contribution in [0.25, 0.3) is 0 Å². The third kappa shape index (κ3) is 5.39. The van der Waals surface area contributed by atoms with Gasteiger partial charge < -0.3 is 10.4 Å². The molecule has 0 aliphatic carbocycles. The molecule has 3 nitrogen and oxygen atoms in total. The number of aliphatic hydroxyl groups is 1. The normalized spacial score (nSPS) is 12.5. The lowest BCUT2D eigenvalue weighted by molar-refractivity contribution is -0.121. The highest BCUT2D eigenvalue weighted by Gasteiger charge is 2.16. The number of hydrogen-bond donors (Lipinski definition) is 2. The Morgan fingerprint density at radius 2 is 2.05 bits per heavy atom. The molecule has 0 aliphatic rings. The highest BCUT2D eigenvalue weighted by Crippen LogP contribution is 2.21. The Balaban J connectivity index is 2.63. The van der Waals surface area contributed by atoms with Gasteiger partial charge >= 0.3 is 0 Å². The molecule has 106 valence electrons. The van der Waals surface area contributed by atoms with Crippen LogP contribution in [0, 0.1) is 5.92 Å². The number of rotatable bonds is 6. The highest BCUT2D eigenvalue weighted by molar-refractivity contribution is 6.35. The van der Waals surface area contributed by atoms with Gasteiger partial charge in [0, 0.05) is 22.7 Å². The first kappa shape index (κ1) is 16.3. The van der Waals surface area contributed by atoms with Crippen molar-refractivity contribution in [3.63, 3.8) is 0 Å². The van der Waals surface area contributed by atoms with Gasteiger partial charge in [-0.3, -0.25) is 4.79 Å². The SMILES string of the molecule is CC(C)C(CCO)NC(=O)Cc1ccc(Cl)cc1Cl. The molecule has 0 heterocycles. The van der Waals surface area contributed by atoms with E-state index in [-0.39, 0.29) is 30.9 Å². The van der Waals surface area contributed by atoms with Gasteiger partial charge in [-0.05, 0) is 30.0 Å². The molecule has 1 amide bonds. The molecule has 0 fully saturated rings. The lowest BCUT2D eigenvalue weighted by Crippen LogP contribution is -2.40. The lowest BCUT2D eigenvalue weighted by atomic mass is 10.0. The van der Waals surface area contributed by atoms with Crippen molar-refractivity contribution in [1.82, 2.24) is 5.32 Å². The first-order valence-corrected chi connectivity index (χ1v) is 7.03. The van der Waals surface area contributed by atoms with Gasteiger partial charge in [0.2, 0.25) is 5.91 Å². The van der Waals surface area contributed by atoms with Crippen LogP contribution in [-0.4, -0.2) is 23.7 Å². The number of carbonyl (C=O) groups excluding carboxylic acids is 1. The minimum atomic E-state index is -0.101. The molecule has 19 heavy (non-hydrogen) atoms. The minimum absolute atomic E-state index is 0.0245. The molecule has 0 bridgehead atoms. The standard InChI is InChI=1S/C14H19Cl2NO2/c1-9(2)13(5-6-18)17-14(19)7-10-3-4-11(15)8-12(10)16/h3-4,8-9,13,18H,5-7H2,1-2H3,(H,17,19). The second-order valence-electron chi connectivity index (χ2n) is 4.84. The molecule has 1 rings (SSSR count). The van der Waals surface area contributed by atoms with Crippen molar-refractivity contribution in [2.45, 2.75) is 32.7 Å². The van der Waals surface area contributed by atoms with E-state index in [0.717, 1.165) is 5.56 Å². The van der Waals surface area contributed by atoms with Crippen LogP contribution in [0.5, 0.6) is 0 Å². The van der Waals surface area contributed by atoms with Crippen molar-refractivity contribution >= 4 is 29.1 Å². The molecule has 0 saturated heterocycles. The van der Waals surface area contributed by atoms with E-state index in [9.17, 15) is 4.79 Å². The van der Waals surface area contributed by atoms with E-state index in [1.165, 1.54) is 0 Å². The number of benzene rings is 1. The van der Waals surface area contributed by atoms with Crippen LogP contribution in [0.1, 0.15) is 25.8 Å². The maximum Gasteiger partial charge on any atom is 0.224 e. The fourth-order valence-electron chi connectivity index (χ4n) is 1.81.